The molecule has 0 atom stereocenters. The minimum absolute atomic E-state index is 0.197. The van der Waals surface area contributed by atoms with E-state index in [4.69, 9.17) is 10.5 Å². The van der Waals surface area contributed by atoms with E-state index in [0.29, 0.717) is 12.4 Å². The average molecular weight is 258 g/mol. The van der Waals surface area contributed by atoms with E-state index in [1.165, 1.54) is 0 Å². The van der Waals surface area contributed by atoms with E-state index in [-0.39, 0.29) is 13.1 Å². The predicted octanol–water partition coefficient (Wildman–Crippen LogP) is 1.46. The van der Waals surface area contributed by atoms with Crippen LogP contribution in [0.25, 0.3) is 0 Å². The van der Waals surface area contributed by atoms with Crippen LogP contribution in [0.1, 0.15) is 24.9 Å². The van der Waals surface area contributed by atoms with E-state index < -0.39 is 0 Å². The lowest BCUT2D eigenvalue weighted by Crippen LogP contribution is -2.25. The van der Waals surface area contributed by atoms with Crippen LogP contribution in [0.5, 0.6) is 0 Å². The van der Waals surface area contributed by atoms with Crippen molar-refractivity contribution < 1.29 is 0 Å². The van der Waals surface area contributed by atoms with E-state index in [1.807, 2.05) is 25.1 Å². The fraction of sp³-hybridized carbons (Fsp3) is 0.538. The highest BCUT2D eigenvalue weighted by atomic mass is 15.1. The molecule has 0 unspecified atom stereocenters. The fourth-order valence-corrected chi connectivity index (χ4v) is 1.61. The van der Waals surface area contributed by atoms with Gasteiger partial charge < -0.3 is 5.32 Å². The van der Waals surface area contributed by atoms with Gasteiger partial charge in [0.25, 0.3) is 0 Å². The van der Waals surface area contributed by atoms with Gasteiger partial charge in [-0.05, 0) is 13.3 Å². The first-order chi connectivity index (χ1) is 9.19. The van der Waals surface area contributed by atoms with Gasteiger partial charge in [0.05, 0.1) is 31.8 Å². The Bertz CT molecular complexity index is 469. The first-order valence-corrected chi connectivity index (χ1v) is 6.24. The van der Waals surface area contributed by atoms with Gasteiger partial charge in [-0.15, -0.1) is 0 Å². The molecule has 0 saturated heterocycles. The Kier molecular flexibility index (Phi) is 6.28. The van der Waals surface area contributed by atoms with Crippen LogP contribution in [-0.4, -0.2) is 34.5 Å². The van der Waals surface area contributed by atoms with Crippen molar-refractivity contribution in [3.05, 3.63) is 17.6 Å². The van der Waals surface area contributed by atoms with Gasteiger partial charge in [0, 0.05) is 18.3 Å². The smallest absolute Gasteiger partial charge is 0.145 e. The van der Waals surface area contributed by atoms with Crippen LogP contribution in [0, 0.1) is 29.6 Å². The Morgan fingerprint density at radius 2 is 1.95 bits per heavy atom. The number of rotatable bonds is 7. The molecule has 0 amide bonds. The molecule has 0 aliphatic carbocycles. The fourth-order valence-electron chi connectivity index (χ4n) is 1.61. The van der Waals surface area contributed by atoms with Crippen LogP contribution in [0.3, 0.4) is 0 Å². The van der Waals surface area contributed by atoms with Gasteiger partial charge in [0.15, 0.2) is 0 Å². The monoisotopic (exact) mass is 258 g/mol. The molecule has 1 rings (SSSR count). The summed E-state index contributed by atoms with van der Waals surface area (Å²) in [5.74, 6) is 1.42. The van der Waals surface area contributed by atoms with Gasteiger partial charge in [-0.1, -0.05) is 6.92 Å². The number of anilines is 1. The van der Waals surface area contributed by atoms with Crippen molar-refractivity contribution >= 4 is 5.82 Å². The number of aromatic nitrogens is 2. The Labute approximate surface area is 113 Å². The zero-order valence-electron chi connectivity index (χ0n) is 11.3. The first-order valence-electron chi connectivity index (χ1n) is 6.24. The van der Waals surface area contributed by atoms with Crippen molar-refractivity contribution in [2.45, 2.75) is 26.8 Å². The predicted molar refractivity (Wildman–Crippen MR) is 72.1 cm³/mol. The van der Waals surface area contributed by atoms with Gasteiger partial charge in [-0.3, -0.25) is 4.90 Å². The second-order valence-corrected chi connectivity index (χ2v) is 4.20. The van der Waals surface area contributed by atoms with Crippen molar-refractivity contribution in [2.75, 3.05) is 25.0 Å². The minimum Gasteiger partial charge on any atom is -0.370 e. The van der Waals surface area contributed by atoms with E-state index in [0.717, 1.165) is 24.5 Å². The number of aryl methyl sites for hydroxylation is 1. The Morgan fingerprint density at radius 3 is 2.53 bits per heavy atom. The Morgan fingerprint density at radius 1 is 1.26 bits per heavy atom. The van der Waals surface area contributed by atoms with E-state index >= 15 is 0 Å². The summed E-state index contributed by atoms with van der Waals surface area (Å²) in [6.07, 6.45) is 1.02. The van der Waals surface area contributed by atoms with Crippen molar-refractivity contribution in [2.24, 2.45) is 0 Å². The quantitative estimate of drug-likeness (QED) is 0.745. The summed E-state index contributed by atoms with van der Waals surface area (Å²) >= 11 is 0. The number of nitriles is 2. The standard InChI is InChI=1S/C13H18N6/c1-3-6-16-12-9-11(2)17-13(18-12)10-19(7-4-14)8-5-15/h9H,3,6-8,10H2,1-2H3,(H,16,17,18). The van der Waals surface area contributed by atoms with Crippen LogP contribution in [0.2, 0.25) is 0 Å². The molecule has 19 heavy (non-hydrogen) atoms. The molecule has 1 N–H and O–H groups in total. The van der Waals surface area contributed by atoms with Crippen molar-refractivity contribution in [1.82, 2.24) is 14.9 Å². The summed E-state index contributed by atoms with van der Waals surface area (Å²) in [5.41, 5.74) is 0.873. The molecule has 1 aromatic heterocycles. The first kappa shape index (κ1) is 14.9. The minimum atomic E-state index is 0.197. The topological polar surface area (TPSA) is 88.6 Å². The molecular weight excluding hydrogens is 240 g/mol. The van der Waals surface area contributed by atoms with E-state index in [1.54, 1.807) is 4.90 Å². The SMILES string of the molecule is CCCNc1cc(C)nc(CN(CC#N)CC#N)n1. The third kappa shape index (κ3) is 5.33. The second-order valence-electron chi connectivity index (χ2n) is 4.20. The maximum Gasteiger partial charge on any atom is 0.145 e. The normalized spacial score (nSPS) is 9.95. The lowest BCUT2D eigenvalue weighted by molar-refractivity contribution is 0.325. The van der Waals surface area contributed by atoms with Gasteiger partial charge in [-0.2, -0.15) is 10.5 Å². The number of nitrogens with zero attached hydrogens (tertiary/aromatic N) is 5. The molecule has 6 heteroatoms. The molecule has 0 radical (unpaired) electrons. The van der Waals surface area contributed by atoms with Gasteiger partial charge in [0.1, 0.15) is 11.6 Å². The molecule has 0 aromatic carbocycles. The third-order valence-corrected chi connectivity index (χ3v) is 2.41. The highest BCUT2D eigenvalue weighted by Gasteiger charge is 2.08. The molecule has 0 aliphatic rings. The number of hydrogen-bond acceptors (Lipinski definition) is 6. The summed E-state index contributed by atoms with van der Waals surface area (Å²) in [4.78, 5) is 10.4. The molecule has 0 saturated carbocycles. The Balaban J connectivity index is 2.79. The maximum absolute atomic E-state index is 8.71. The molecule has 0 spiro atoms. The lowest BCUT2D eigenvalue weighted by Gasteiger charge is -2.15. The summed E-state index contributed by atoms with van der Waals surface area (Å²) in [7, 11) is 0. The molecule has 100 valence electrons. The molecule has 6 nitrogen and oxygen atoms in total. The van der Waals surface area contributed by atoms with Crippen LogP contribution in [0.4, 0.5) is 5.82 Å². The third-order valence-electron chi connectivity index (χ3n) is 2.41. The summed E-state index contributed by atoms with van der Waals surface area (Å²) in [6, 6.07) is 5.97. The zero-order valence-corrected chi connectivity index (χ0v) is 11.3. The molecule has 0 bridgehead atoms. The Hall–Kier alpha value is -2.18. The molecule has 1 heterocycles. The molecule has 1 aromatic rings. The maximum atomic E-state index is 8.71. The van der Waals surface area contributed by atoms with Crippen molar-refractivity contribution in [3.8, 4) is 12.1 Å². The average Bonchev–Trinajstić information content (AvgIpc) is 2.36. The molecular formula is C13H18N6. The second kappa shape index (κ2) is 8.02. The van der Waals surface area contributed by atoms with Gasteiger partial charge >= 0.3 is 0 Å². The van der Waals surface area contributed by atoms with Crippen LogP contribution < -0.4 is 5.32 Å². The van der Waals surface area contributed by atoms with E-state index in [9.17, 15) is 0 Å². The van der Waals surface area contributed by atoms with Gasteiger partial charge in [-0.25, -0.2) is 9.97 Å². The highest BCUT2D eigenvalue weighted by molar-refractivity contribution is 5.35. The largest absolute Gasteiger partial charge is 0.370 e. The zero-order chi connectivity index (χ0) is 14.1. The van der Waals surface area contributed by atoms with Crippen LogP contribution in [-0.2, 0) is 6.54 Å². The van der Waals surface area contributed by atoms with Crippen LogP contribution >= 0.6 is 0 Å². The van der Waals surface area contributed by atoms with E-state index in [2.05, 4.69) is 22.2 Å². The number of nitrogens with one attached hydrogen (secondary N) is 1. The number of hydrogen-bond donors (Lipinski definition) is 1. The summed E-state index contributed by atoms with van der Waals surface area (Å²) in [6.45, 7) is 5.65. The molecule has 0 fully saturated rings. The summed E-state index contributed by atoms with van der Waals surface area (Å²) < 4.78 is 0. The lowest BCUT2D eigenvalue weighted by atomic mass is 10.3. The van der Waals surface area contributed by atoms with Crippen LogP contribution in [0.15, 0.2) is 6.07 Å². The molecule has 0 aliphatic heterocycles. The van der Waals surface area contributed by atoms with Crippen molar-refractivity contribution in [3.63, 3.8) is 0 Å². The van der Waals surface area contributed by atoms with Crippen molar-refractivity contribution in [1.29, 1.82) is 10.5 Å². The van der Waals surface area contributed by atoms with Gasteiger partial charge in [0.2, 0.25) is 0 Å². The summed E-state index contributed by atoms with van der Waals surface area (Å²) in [5, 5.41) is 20.6. The highest BCUT2D eigenvalue weighted by Crippen LogP contribution is 2.08.